The fourth-order valence-corrected chi connectivity index (χ4v) is 4.02. The molecule has 3 rings (SSSR count). The number of piperidine rings is 2. The highest BCUT2D eigenvalue weighted by Gasteiger charge is 2.33. The van der Waals surface area contributed by atoms with Crippen molar-refractivity contribution >= 4 is 11.7 Å². The predicted molar refractivity (Wildman–Crippen MR) is 97.5 cm³/mol. The number of alkyl halides is 3. The topological polar surface area (TPSA) is 48.5 Å². The lowest BCUT2D eigenvalue weighted by atomic mass is 9.93. The Kier molecular flexibility index (Phi) is 6.24. The number of halogens is 3. The van der Waals surface area contributed by atoms with Crippen LogP contribution in [0.5, 0.6) is 0 Å². The molecule has 1 atom stereocenters. The van der Waals surface area contributed by atoms with Gasteiger partial charge in [0.25, 0.3) is 0 Å². The molecule has 2 saturated heterocycles. The zero-order valence-electron chi connectivity index (χ0n) is 15.6. The third kappa shape index (κ3) is 4.72. The second-order valence-corrected chi connectivity index (χ2v) is 7.29. The predicted octanol–water partition coefficient (Wildman–Crippen LogP) is 2.92. The quantitative estimate of drug-likeness (QED) is 0.867. The van der Waals surface area contributed by atoms with Gasteiger partial charge in [0, 0.05) is 44.3 Å². The van der Waals surface area contributed by atoms with Gasteiger partial charge in [-0.1, -0.05) is 0 Å². The highest BCUT2D eigenvalue weighted by Crippen LogP contribution is 2.30. The summed E-state index contributed by atoms with van der Waals surface area (Å²) in [5.74, 6) is 0.738. The first kappa shape index (κ1) is 19.9. The number of nitrogens with zero attached hydrogens (tertiary/aromatic N) is 3. The minimum absolute atomic E-state index is 0.0161. The summed E-state index contributed by atoms with van der Waals surface area (Å²) in [6.45, 7) is 5.87. The van der Waals surface area contributed by atoms with Crippen molar-refractivity contribution in [3.8, 4) is 0 Å². The molecule has 1 N–H and O–H groups in total. The number of carbonyl (C=O) groups is 1. The van der Waals surface area contributed by atoms with Gasteiger partial charge in [-0.3, -0.25) is 4.79 Å². The van der Waals surface area contributed by atoms with Gasteiger partial charge in [0.1, 0.15) is 5.82 Å². The van der Waals surface area contributed by atoms with Crippen LogP contribution in [0, 0.1) is 5.92 Å². The minimum Gasteiger partial charge on any atom is -0.357 e. The number of rotatable bonds is 4. The molecule has 0 aliphatic carbocycles. The average Bonchev–Trinajstić information content (AvgIpc) is 2.69. The summed E-state index contributed by atoms with van der Waals surface area (Å²) >= 11 is 0. The number of anilines is 1. The highest BCUT2D eigenvalue weighted by atomic mass is 19.4. The fourth-order valence-electron chi connectivity index (χ4n) is 4.02. The van der Waals surface area contributed by atoms with Gasteiger partial charge in [-0.15, -0.1) is 0 Å². The molecule has 1 aromatic rings. The minimum atomic E-state index is -4.37. The van der Waals surface area contributed by atoms with Crippen molar-refractivity contribution in [2.75, 3.05) is 37.6 Å². The van der Waals surface area contributed by atoms with Crippen molar-refractivity contribution < 1.29 is 18.0 Å². The Labute approximate surface area is 157 Å². The molecule has 0 radical (unpaired) electrons. The van der Waals surface area contributed by atoms with Crippen molar-refractivity contribution in [2.24, 2.45) is 5.92 Å². The molecule has 3 heterocycles. The smallest absolute Gasteiger partial charge is 0.357 e. The average molecular weight is 384 g/mol. The normalized spacial score (nSPS) is 21.9. The molecular formula is C19H27F3N4O. The van der Waals surface area contributed by atoms with E-state index in [1.807, 2.05) is 16.7 Å². The number of amides is 1. The zero-order valence-corrected chi connectivity index (χ0v) is 15.6. The molecule has 0 saturated carbocycles. The second kappa shape index (κ2) is 8.46. The maximum Gasteiger partial charge on any atom is 0.417 e. The Hall–Kier alpha value is -1.83. The van der Waals surface area contributed by atoms with Gasteiger partial charge < -0.3 is 15.1 Å². The number of pyridine rings is 1. The van der Waals surface area contributed by atoms with Crippen LogP contribution in [0.1, 0.15) is 38.2 Å². The summed E-state index contributed by atoms with van der Waals surface area (Å²) in [6, 6.07) is 2.75. The van der Waals surface area contributed by atoms with Crippen molar-refractivity contribution in [2.45, 2.75) is 44.8 Å². The Morgan fingerprint density at radius 1 is 1.30 bits per heavy atom. The van der Waals surface area contributed by atoms with Crippen LogP contribution in [-0.4, -0.2) is 54.6 Å². The number of hydrogen-bond acceptors (Lipinski definition) is 4. The largest absolute Gasteiger partial charge is 0.417 e. The number of aromatic nitrogens is 1. The molecule has 2 aliphatic heterocycles. The molecule has 1 unspecified atom stereocenters. The van der Waals surface area contributed by atoms with Crippen molar-refractivity contribution in [3.05, 3.63) is 23.9 Å². The van der Waals surface area contributed by atoms with Crippen LogP contribution in [0.3, 0.4) is 0 Å². The van der Waals surface area contributed by atoms with Gasteiger partial charge in [0.05, 0.1) is 5.56 Å². The molecule has 5 nitrogen and oxygen atoms in total. The summed E-state index contributed by atoms with van der Waals surface area (Å²) in [5, 5.41) is 3.36. The van der Waals surface area contributed by atoms with E-state index in [-0.39, 0.29) is 17.9 Å². The Bertz CT molecular complexity index is 621. The number of nitrogens with one attached hydrogen (secondary N) is 1. The van der Waals surface area contributed by atoms with Crippen LogP contribution in [-0.2, 0) is 11.0 Å². The lowest BCUT2D eigenvalue weighted by Gasteiger charge is -2.39. The number of likely N-dealkylation sites (N-methyl/N-ethyl adjacent to an activating group) is 1. The van der Waals surface area contributed by atoms with Crippen molar-refractivity contribution in [1.29, 1.82) is 0 Å². The summed E-state index contributed by atoms with van der Waals surface area (Å²) in [6.07, 6.45) is 0.0494. The second-order valence-electron chi connectivity index (χ2n) is 7.29. The van der Waals surface area contributed by atoms with E-state index in [2.05, 4.69) is 10.3 Å². The lowest BCUT2D eigenvalue weighted by molar-refractivity contribution is -0.139. The molecule has 0 spiro atoms. The Morgan fingerprint density at radius 2 is 2.04 bits per heavy atom. The number of hydrogen-bond donors (Lipinski definition) is 1. The molecule has 0 aromatic carbocycles. The molecule has 1 aromatic heterocycles. The van der Waals surface area contributed by atoms with E-state index in [1.54, 1.807) is 0 Å². The molecular weight excluding hydrogens is 357 g/mol. The molecule has 2 fully saturated rings. The van der Waals surface area contributed by atoms with E-state index < -0.39 is 11.7 Å². The third-order valence-corrected chi connectivity index (χ3v) is 5.58. The molecule has 8 heteroatoms. The Morgan fingerprint density at radius 3 is 2.56 bits per heavy atom. The summed E-state index contributed by atoms with van der Waals surface area (Å²) < 4.78 is 38.0. The van der Waals surface area contributed by atoms with Crippen LogP contribution in [0.15, 0.2) is 18.3 Å². The van der Waals surface area contributed by atoms with Gasteiger partial charge >= 0.3 is 6.18 Å². The molecule has 150 valence electrons. The van der Waals surface area contributed by atoms with E-state index in [1.165, 1.54) is 6.07 Å². The van der Waals surface area contributed by atoms with Crippen molar-refractivity contribution in [3.63, 3.8) is 0 Å². The van der Waals surface area contributed by atoms with Crippen LogP contribution < -0.4 is 10.2 Å². The molecule has 2 aliphatic rings. The monoisotopic (exact) mass is 384 g/mol. The van der Waals surface area contributed by atoms with E-state index in [4.69, 9.17) is 0 Å². The third-order valence-electron chi connectivity index (χ3n) is 5.58. The summed E-state index contributed by atoms with van der Waals surface area (Å²) in [7, 11) is 0. The maximum absolute atomic E-state index is 13.0. The first-order valence-electron chi connectivity index (χ1n) is 9.69. The summed E-state index contributed by atoms with van der Waals surface area (Å²) in [4.78, 5) is 20.9. The van der Waals surface area contributed by atoms with E-state index in [0.717, 1.165) is 38.2 Å². The van der Waals surface area contributed by atoms with Crippen LogP contribution in [0.25, 0.3) is 0 Å². The fraction of sp³-hybridized carbons (Fsp3) is 0.684. The standard InChI is InChI=1S/C19H27F3N4O/c1-2-26(16-4-3-9-23-13-16)18(27)14-7-10-25(11-8-14)17-6-5-15(12-24-17)19(20,21)22/h5-6,12,14,16,23H,2-4,7-11,13H2,1H3. The van der Waals surface area contributed by atoms with Gasteiger partial charge in [0.15, 0.2) is 0 Å². The van der Waals surface area contributed by atoms with E-state index in [9.17, 15) is 18.0 Å². The van der Waals surface area contributed by atoms with Crippen molar-refractivity contribution in [1.82, 2.24) is 15.2 Å². The maximum atomic E-state index is 13.0. The van der Waals surface area contributed by atoms with Gasteiger partial charge in [-0.2, -0.15) is 13.2 Å². The first-order valence-corrected chi connectivity index (χ1v) is 9.69. The summed E-state index contributed by atoms with van der Waals surface area (Å²) in [5.41, 5.74) is -0.740. The van der Waals surface area contributed by atoms with Gasteiger partial charge in [-0.25, -0.2) is 4.98 Å². The van der Waals surface area contributed by atoms with Crippen LogP contribution in [0.4, 0.5) is 19.0 Å². The zero-order chi connectivity index (χ0) is 19.4. The van der Waals surface area contributed by atoms with Gasteiger partial charge in [0.2, 0.25) is 5.91 Å². The van der Waals surface area contributed by atoms with E-state index >= 15 is 0 Å². The highest BCUT2D eigenvalue weighted by molar-refractivity contribution is 5.79. The molecule has 0 bridgehead atoms. The van der Waals surface area contributed by atoms with E-state index in [0.29, 0.717) is 38.3 Å². The Balaban J connectivity index is 1.57. The number of carbonyl (C=O) groups excluding carboxylic acids is 1. The molecule has 27 heavy (non-hydrogen) atoms. The van der Waals surface area contributed by atoms with Crippen LogP contribution >= 0.6 is 0 Å². The SMILES string of the molecule is CCN(C(=O)C1CCN(c2ccc(C(F)(F)F)cn2)CC1)C1CCCNC1. The molecule has 1 amide bonds. The van der Waals surface area contributed by atoms with Crippen LogP contribution in [0.2, 0.25) is 0 Å². The van der Waals surface area contributed by atoms with Gasteiger partial charge in [-0.05, 0) is 51.3 Å². The lowest BCUT2D eigenvalue weighted by Crippen LogP contribution is -2.51. The first-order chi connectivity index (χ1) is 12.9.